The fourth-order valence-electron chi connectivity index (χ4n) is 2.03. The zero-order valence-corrected chi connectivity index (χ0v) is 13.6. The van der Waals surface area contributed by atoms with Gasteiger partial charge in [0, 0.05) is 23.2 Å². The number of nitrogens with zero attached hydrogens (tertiary/aromatic N) is 2. The number of aromatic nitrogens is 2. The molecule has 1 amide bonds. The number of halogens is 1. The SMILES string of the molecule is Cc1nc(-c2cccc(NC(=O)COc3ccc(Cl)cc3)c2)no1. The summed E-state index contributed by atoms with van der Waals surface area (Å²) in [7, 11) is 0. The van der Waals surface area contributed by atoms with Crippen LogP contribution in [0.1, 0.15) is 5.89 Å². The van der Waals surface area contributed by atoms with Gasteiger partial charge in [-0.1, -0.05) is 28.9 Å². The smallest absolute Gasteiger partial charge is 0.262 e. The van der Waals surface area contributed by atoms with Crippen LogP contribution in [0.3, 0.4) is 0 Å². The molecule has 0 spiro atoms. The number of amides is 1. The topological polar surface area (TPSA) is 77.2 Å². The van der Waals surface area contributed by atoms with Gasteiger partial charge in [-0.2, -0.15) is 4.98 Å². The summed E-state index contributed by atoms with van der Waals surface area (Å²) in [5, 5.41) is 7.23. The van der Waals surface area contributed by atoms with Gasteiger partial charge in [0.2, 0.25) is 11.7 Å². The van der Waals surface area contributed by atoms with Crippen molar-refractivity contribution in [2.45, 2.75) is 6.92 Å². The molecule has 1 heterocycles. The van der Waals surface area contributed by atoms with Gasteiger partial charge in [0.05, 0.1) is 0 Å². The lowest BCUT2D eigenvalue weighted by atomic mass is 10.2. The van der Waals surface area contributed by atoms with Crippen molar-refractivity contribution in [3.05, 3.63) is 59.4 Å². The average molecular weight is 344 g/mol. The monoisotopic (exact) mass is 343 g/mol. The molecule has 7 heteroatoms. The van der Waals surface area contributed by atoms with E-state index in [1.54, 1.807) is 49.4 Å². The van der Waals surface area contributed by atoms with E-state index in [2.05, 4.69) is 15.5 Å². The Labute approximate surface area is 143 Å². The minimum absolute atomic E-state index is 0.104. The molecule has 1 aromatic heterocycles. The third-order valence-electron chi connectivity index (χ3n) is 3.12. The van der Waals surface area contributed by atoms with E-state index >= 15 is 0 Å². The molecular formula is C17H14ClN3O3. The van der Waals surface area contributed by atoms with E-state index in [-0.39, 0.29) is 12.5 Å². The second-order valence-electron chi connectivity index (χ2n) is 5.01. The van der Waals surface area contributed by atoms with Gasteiger partial charge in [-0.15, -0.1) is 0 Å². The summed E-state index contributed by atoms with van der Waals surface area (Å²) in [5.41, 5.74) is 1.38. The molecule has 0 aliphatic carbocycles. The number of rotatable bonds is 5. The number of nitrogens with one attached hydrogen (secondary N) is 1. The molecule has 3 aromatic rings. The molecule has 24 heavy (non-hydrogen) atoms. The number of carbonyl (C=O) groups is 1. The number of hydrogen-bond donors (Lipinski definition) is 1. The average Bonchev–Trinajstić information content (AvgIpc) is 3.01. The van der Waals surface area contributed by atoms with Crippen molar-refractivity contribution in [1.82, 2.24) is 10.1 Å². The van der Waals surface area contributed by atoms with Crippen LogP contribution in [0, 0.1) is 6.92 Å². The number of anilines is 1. The highest BCUT2D eigenvalue weighted by atomic mass is 35.5. The lowest BCUT2D eigenvalue weighted by molar-refractivity contribution is -0.118. The third kappa shape index (κ3) is 4.11. The van der Waals surface area contributed by atoms with Gasteiger partial charge in [0.25, 0.3) is 5.91 Å². The third-order valence-corrected chi connectivity index (χ3v) is 3.37. The molecule has 0 saturated carbocycles. The maximum atomic E-state index is 12.0. The molecule has 3 rings (SSSR count). The number of ether oxygens (including phenoxy) is 1. The molecule has 0 bridgehead atoms. The van der Waals surface area contributed by atoms with E-state index < -0.39 is 0 Å². The van der Waals surface area contributed by atoms with Gasteiger partial charge in [-0.25, -0.2) is 0 Å². The van der Waals surface area contributed by atoms with E-state index in [0.29, 0.717) is 28.2 Å². The zero-order chi connectivity index (χ0) is 16.9. The zero-order valence-electron chi connectivity index (χ0n) is 12.8. The predicted octanol–water partition coefficient (Wildman–Crippen LogP) is 3.72. The van der Waals surface area contributed by atoms with Crippen LogP contribution in [0.2, 0.25) is 5.02 Å². The molecule has 2 aromatic carbocycles. The molecule has 0 aliphatic heterocycles. The summed E-state index contributed by atoms with van der Waals surface area (Å²) in [5.74, 6) is 1.26. The van der Waals surface area contributed by atoms with Crippen LogP contribution in [0.5, 0.6) is 5.75 Å². The van der Waals surface area contributed by atoms with E-state index in [0.717, 1.165) is 5.56 Å². The van der Waals surface area contributed by atoms with E-state index in [9.17, 15) is 4.79 Å². The molecule has 0 aliphatic rings. The van der Waals surface area contributed by atoms with Crippen molar-refractivity contribution >= 4 is 23.2 Å². The summed E-state index contributed by atoms with van der Waals surface area (Å²) in [6.07, 6.45) is 0. The first-order valence-electron chi connectivity index (χ1n) is 7.19. The maximum absolute atomic E-state index is 12.0. The Hall–Kier alpha value is -2.86. The largest absolute Gasteiger partial charge is 0.484 e. The minimum atomic E-state index is -0.272. The van der Waals surface area contributed by atoms with E-state index in [4.69, 9.17) is 20.9 Å². The molecule has 0 radical (unpaired) electrons. The Morgan fingerprint density at radius 2 is 2.04 bits per heavy atom. The fraction of sp³-hybridized carbons (Fsp3) is 0.118. The van der Waals surface area contributed by atoms with Gasteiger partial charge in [-0.3, -0.25) is 4.79 Å². The van der Waals surface area contributed by atoms with Crippen molar-refractivity contribution in [2.75, 3.05) is 11.9 Å². The summed E-state index contributed by atoms with van der Waals surface area (Å²) in [6, 6.07) is 14.0. The number of benzene rings is 2. The van der Waals surface area contributed by atoms with Gasteiger partial charge >= 0.3 is 0 Å². The number of carbonyl (C=O) groups excluding carboxylic acids is 1. The molecular weight excluding hydrogens is 330 g/mol. The predicted molar refractivity (Wildman–Crippen MR) is 90.0 cm³/mol. The maximum Gasteiger partial charge on any atom is 0.262 e. The van der Waals surface area contributed by atoms with Gasteiger partial charge in [0.15, 0.2) is 6.61 Å². The van der Waals surface area contributed by atoms with Gasteiger partial charge in [-0.05, 0) is 36.4 Å². The molecule has 0 unspecified atom stereocenters. The summed E-state index contributed by atoms with van der Waals surface area (Å²) in [4.78, 5) is 16.2. The van der Waals surface area contributed by atoms with E-state index in [1.807, 2.05) is 6.07 Å². The molecule has 0 saturated heterocycles. The molecule has 6 nitrogen and oxygen atoms in total. The van der Waals surface area contributed by atoms with Crippen LogP contribution < -0.4 is 10.1 Å². The first-order valence-corrected chi connectivity index (χ1v) is 7.57. The second-order valence-corrected chi connectivity index (χ2v) is 5.45. The van der Waals surface area contributed by atoms with Crippen LogP contribution in [0.25, 0.3) is 11.4 Å². The Bertz CT molecular complexity index is 846. The van der Waals surface area contributed by atoms with Crippen molar-refractivity contribution in [3.8, 4) is 17.1 Å². The van der Waals surface area contributed by atoms with Crippen molar-refractivity contribution < 1.29 is 14.1 Å². The normalized spacial score (nSPS) is 10.4. The van der Waals surface area contributed by atoms with Gasteiger partial charge < -0.3 is 14.6 Å². The second kappa shape index (κ2) is 7.14. The summed E-state index contributed by atoms with van der Waals surface area (Å²) < 4.78 is 10.4. The quantitative estimate of drug-likeness (QED) is 0.764. The first-order chi connectivity index (χ1) is 11.6. The Kier molecular flexibility index (Phi) is 4.77. The molecule has 0 atom stereocenters. The Balaban J connectivity index is 1.61. The van der Waals surface area contributed by atoms with Crippen LogP contribution in [-0.2, 0) is 4.79 Å². The highest BCUT2D eigenvalue weighted by molar-refractivity contribution is 6.30. The number of hydrogen-bond acceptors (Lipinski definition) is 5. The lowest BCUT2D eigenvalue weighted by Crippen LogP contribution is -2.20. The fourth-order valence-corrected chi connectivity index (χ4v) is 2.16. The van der Waals surface area contributed by atoms with Gasteiger partial charge in [0.1, 0.15) is 5.75 Å². The van der Waals surface area contributed by atoms with Crippen LogP contribution >= 0.6 is 11.6 Å². The summed E-state index contributed by atoms with van der Waals surface area (Å²) in [6.45, 7) is 1.61. The van der Waals surface area contributed by atoms with Crippen molar-refractivity contribution in [1.29, 1.82) is 0 Å². The Morgan fingerprint density at radius 1 is 1.25 bits per heavy atom. The highest BCUT2D eigenvalue weighted by Crippen LogP contribution is 2.20. The summed E-state index contributed by atoms with van der Waals surface area (Å²) >= 11 is 5.80. The molecule has 122 valence electrons. The molecule has 1 N–H and O–H groups in total. The highest BCUT2D eigenvalue weighted by Gasteiger charge is 2.08. The van der Waals surface area contributed by atoms with Crippen LogP contribution in [-0.4, -0.2) is 22.7 Å². The van der Waals surface area contributed by atoms with Crippen molar-refractivity contribution in [3.63, 3.8) is 0 Å². The van der Waals surface area contributed by atoms with Crippen LogP contribution in [0.4, 0.5) is 5.69 Å². The minimum Gasteiger partial charge on any atom is -0.484 e. The standard InChI is InChI=1S/C17H14ClN3O3/c1-11-19-17(21-24-11)12-3-2-4-14(9-12)20-16(22)10-23-15-7-5-13(18)6-8-15/h2-9H,10H2,1H3,(H,20,22). The Morgan fingerprint density at radius 3 is 2.75 bits per heavy atom. The van der Waals surface area contributed by atoms with Crippen LogP contribution in [0.15, 0.2) is 53.1 Å². The first kappa shape index (κ1) is 16.0. The van der Waals surface area contributed by atoms with E-state index in [1.165, 1.54) is 0 Å². The van der Waals surface area contributed by atoms with Crippen molar-refractivity contribution in [2.24, 2.45) is 0 Å². The lowest BCUT2D eigenvalue weighted by Gasteiger charge is -2.08. The number of aryl methyl sites for hydroxylation is 1. The molecule has 0 fully saturated rings.